The minimum atomic E-state index is -0.726. The largest absolute Gasteiger partial charge is 0.481 e. The van der Waals surface area contributed by atoms with Crippen LogP contribution in [0.2, 0.25) is 0 Å². The first kappa shape index (κ1) is 13.4. The molecule has 0 spiro atoms. The third kappa shape index (κ3) is 6.89. The van der Waals surface area contributed by atoms with Crippen LogP contribution in [0.25, 0.3) is 0 Å². The van der Waals surface area contributed by atoms with Gasteiger partial charge in [0.05, 0.1) is 6.42 Å². The van der Waals surface area contributed by atoms with Crippen LogP contribution in [0.15, 0.2) is 0 Å². The molecule has 0 aromatic carbocycles. The van der Waals surface area contributed by atoms with E-state index in [2.05, 4.69) is 26.1 Å². The molecule has 0 bridgehead atoms. The van der Waals surface area contributed by atoms with Crippen LogP contribution >= 0.6 is 0 Å². The fourth-order valence-electron chi connectivity index (χ4n) is 1.43. The molecule has 0 amide bonds. The lowest BCUT2D eigenvalue weighted by atomic mass is 9.98. The molecule has 0 fully saturated rings. The van der Waals surface area contributed by atoms with Gasteiger partial charge in [-0.1, -0.05) is 27.2 Å². The molecule has 0 radical (unpaired) electrons. The molecular weight excluding hydrogens is 178 g/mol. The highest BCUT2D eigenvalue weighted by Crippen LogP contribution is 2.11. The third-order valence-electron chi connectivity index (χ3n) is 2.65. The zero-order valence-electron chi connectivity index (χ0n) is 9.55. The highest BCUT2D eigenvalue weighted by atomic mass is 16.4. The second-order valence-electron chi connectivity index (χ2n) is 3.95. The Kier molecular flexibility index (Phi) is 7.48. The number of carboxylic acids is 1. The maximum Gasteiger partial charge on any atom is 0.304 e. The standard InChI is InChI=1S/C11H23NO2/c1-4-9(3)8-10(5-2)12-7-6-11(13)14/h9-10,12H,4-8H2,1-3H3,(H,13,14). The maximum atomic E-state index is 10.3. The smallest absolute Gasteiger partial charge is 0.304 e. The lowest BCUT2D eigenvalue weighted by Crippen LogP contribution is -2.31. The summed E-state index contributed by atoms with van der Waals surface area (Å²) in [7, 11) is 0. The summed E-state index contributed by atoms with van der Waals surface area (Å²) >= 11 is 0. The fourth-order valence-corrected chi connectivity index (χ4v) is 1.43. The van der Waals surface area contributed by atoms with Gasteiger partial charge in [-0.2, -0.15) is 0 Å². The Labute approximate surface area is 86.9 Å². The molecule has 0 aliphatic heterocycles. The average molecular weight is 201 g/mol. The quantitative estimate of drug-likeness (QED) is 0.633. The summed E-state index contributed by atoms with van der Waals surface area (Å²) in [5, 5.41) is 11.8. The summed E-state index contributed by atoms with van der Waals surface area (Å²) in [6.07, 6.45) is 3.63. The molecule has 0 heterocycles. The number of hydrogen-bond donors (Lipinski definition) is 2. The summed E-state index contributed by atoms with van der Waals surface area (Å²) < 4.78 is 0. The van der Waals surface area contributed by atoms with Crippen LogP contribution in [0.5, 0.6) is 0 Å². The van der Waals surface area contributed by atoms with Crippen molar-refractivity contribution in [3.8, 4) is 0 Å². The first-order chi connectivity index (χ1) is 6.60. The molecule has 0 aromatic rings. The Bertz CT molecular complexity index is 159. The number of carboxylic acid groups (broad SMARTS) is 1. The van der Waals surface area contributed by atoms with E-state index in [0.29, 0.717) is 12.6 Å². The monoisotopic (exact) mass is 201 g/mol. The Morgan fingerprint density at radius 2 is 2.00 bits per heavy atom. The van der Waals surface area contributed by atoms with Crippen molar-refractivity contribution in [3.05, 3.63) is 0 Å². The van der Waals surface area contributed by atoms with Crippen LogP contribution in [0.4, 0.5) is 0 Å². The lowest BCUT2D eigenvalue weighted by Gasteiger charge is -2.19. The number of nitrogens with one attached hydrogen (secondary N) is 1. The van der Waals surface area contributed by atoms with Crippen LogP contribution in [0, 0.1) is 5.92 Å². The van der Waals surface area contributed by atoms with E-state index in [1.54, 1.807) is 0 Å². The SMILES string of the molecule is CCC(C)CC(CC)NCCC(=O)O. The summed E-state index contributed by atoms with van der Waals surface area (Å²) in [6.45, 7) is 7.15. The van der Waals surface area contributed by atoms with Crippen molar-refractivity contribution < 1.29 is 9.90 Å². The van der Waals surface area contributed by atoms with Crippen molar-refractivity contribution in [2.45, 2.75) is 52.5 Å². The molecule has 0 aromatic heterocycles. The summed E-state index contributed by atoms with van der Waals surface area (Å²) in [6, 6.07) is 0.476. The van der Waals surface area contributed by atoms with E-state index < -0.39 is 5.97 Å². The van der Waals surface area contributed by atoms with Gasteiger partial charge in [0.1, 0.15) is 0 Å². The number of aliphatic carboxylic acids is 1. The number of hydrogen-bond acceptors (Lipinski definition) is 2. The fraction of sp³-hybridized carbons (Fsp3) is 0.909. The molecule has 2 N–H and O–H groups in total. The lowest BCUT2D eigenvalue weighted by molar-refractivity contribution is -0.136. The van der Waals surface area contributed by atoms with Crippen molar-refractivity contribution in [2.24, 2.45) is 5.92 Å². The van der Waals surface area contributed by atoms with Crippen molar-refractivity contribution in [3.63, 3.8) is 0 Å². The summed E-state index contributed by atoms with van der Waals surface area (Å²) in [5.41, 5.74) is 0. The second-order valence-corrected chi connectivity index (χ2v) is 3.95. The molecule has 0 aliphatic carbocycles. The van der Waals surface area contributed by atoms with Crippen molar-refractivity contribution in [1.82, 2.24) is 5.32 Å². The second kappa shape index (κ2) is 7.80. The van der Waals surface area contributed by atoms with Gasteiger partial charge in [0, 0.05) is 12.6 Å². The molecule has 84 valence electrons. The summed E-state index contributed by atoms with van der Waals surface area (Å²) in [5.74, 6) is -0.00632. The average Bonchev–Trinajstić information content (AvgIpc) is 2.15. The van der Waals surface area contributed by atoms with Gasteiger partial charge in [0.2, 0.25) is 0 Å². The van der Waals surface area contributed by atoms with Gasteiger partial charge in [0.25, 0.3) is 0 Å². The van der Waals surface area contributed by atoms with Gasteiger partial charge in [-0.25, -0.2) is 0 Å². The molecule has 3 heteroatoms. The Morgan fingerprint density at radius 3 is 2.43 bits per heavy atom. The van der Waals surface area contributed by atoms with E-state index in [1.165, 1.54) is 6.42 Å². The number of rotatable bonds is 8. The molecule has 14 heavy (non-hydrogen) atoms. The third-order valence-corrected chi connectivity index (χ3v) is 2.65. The highest BCUT2D eigenvalue weighted by Gasteiger charge is 2.09. The van der Waals surface area contributed by atoms with Gasteiger partial charge < -0.3 is 10.4 Å². The minimum Gasteiger partial charge on any atom is -0.481 e. The van der Waals surface area contributed by atoms with Crippen LogP contribution < -0.4 is 5.32 Å². The number of carbonyl (C=O) groups is 1. The van der Waals surface area contributed by atoms with E-state index in [0.717, 1.165) is 18.8 Å². The van der Waals surface area contributed by atoms with Crippen molar-refractivity contribution in [2.75, 3.05) is 6.54 Å². The maximum absolute atomic E-state index is 10.3. The van der Waals surface area contributed by atoms with Crippen molar-refractivity contribution >= 4 is 5.97 Å². The first-order valence-electron chi connectivity index (χ1n) is 5.55. The zero-order chi connectivity index (χ0) is 11.0. The van der Waals surface area contributed by atoms with Crippen LogP contribution in [-0.2, 0) is 4.79 Å². The molecule has 2 unspecified atom stereocenters. The predicted molar refractivity (Wildman–Crippen MR) is 58.4 cm³/mol. The molecule has 0 aliphatic rings. The van der Waals surface area contributed by atoms with E-state index in [9.17, 15) is 4.79 Å². The molecule has 3 nitrogen and oxygen atoms in total. The van der Waals surface area contributed by atoms with Gasteiger partial charge >= 0.3 is 5.97 Å². The Balaban J connectivity index is 3.62. The molecule has 0 saturated carbocycles. The zero-order valence-corrected chi connectivity index (χ0v) is 9.55. The molecule has 0 saturated heterocycles. The van der Waals surface area contributed by atoms with Gasteiger partial charge in [-0.15, -0.1) is 0 Å². The van der Waals surface area contributed by atoms with Crippen molar-refractivity contribution in [1.29, 1.82) is 0 Å². The Morgan fingerprint density at radius 1 is 1.36 bits per heavy atom. The topological polar surface area (TPSA) is 49.3 Å². The predicted octanol–water partition coefficient (Wildman–Crippen LogP) is 2.27. The van der Waals surface area contributed by atoms with Gasteiger partial charge in [0.15, 0.2) is 0 Å². The van der Waals surface area contributed by atoms with E-state index in [4.69, 9.17) is 5.11 Å². The van der Waals surface area contributed by atoms with Gasteiger partial charge in [-0.3, -0.25) is 4.79 Å². The van der Waals surface area contributed by atoms with E-state index >= 15 is 0 Å². The normalized spacial score (nSPS) is 15.1. The molecular formula is C11H23NO2. The Hall–Kier alpha value is -0.570. The van der Waals surface area contributed by atoms with Crippen LogP contribution in [-0.4, -0.2) is 23.7 Å². The van der Waals surface area contributed by atoms with Crippen LogP contribution in [0.3, 0.4) is 0 Å². The van der Waals surface area contributed by atoms with Gasteiger partial charge in [-0.05, 0) is 18.8 Å². The van der Waals surface area contributed by atoms with E-state index in [-0.39, 0.29) is 6.42 Å². The molecule has 2 atom stereocenters. The van der Waals surface area contributed by atoms with Crippen LogP contribution in [0.1, 0.15) is 46.5 Å². The molecule has 0 rings (SSSR count). The highest BCUT2D eigenvalue weighted by molar-refractivity contribution is 5.66. The summed E-state index contributed by atoms with van der Waals surface area (Å²) in [4.78, 5) is 10.3. The van der Waals surface area contributed by atoms with E-state index in [1.807, 2.05) is 0 Å². The first-order valence-corrected chi connectivity index (χ1v) is 5.55. The minimum absolute atomic E-state index is 0.219.